The zero-order valence-corrected chi connectivity index (χ0v) is 18.8. The Morgan fingerprint density at radius 3 is 2.30 bits per heavy atom. The van der Waals surface area contributed by atoms with Crippen LogP contribution in [0.4, 0.5) is 20.2 Å². The number of nitro groups is 1. The summed E-state index contributed by atoms with van der Waals surface area (Å²) in [5, 5.41) is 17.3. The lowest BCUT2D eigenvalue weighted by molar-refractivity contribution is -0.384. The lowest BCUT2D eigenvalue weighted by Gasteiger charge is -2.17. The lowest BCUT2D eigenvalue weighted by atomic mass is 10.0. The molecule has 0 saturated carbocycles. The summed E-state index contributed by atoms with van der Waals surface area (Å²) in [5.41, 5.74) is 1.39. The minimum Gasteiger partial charge on any atom is -0.375 e. The van der Waals surface area contributed by atoms with E-state index in [9.17, 15) is 23.7 Å². The number of amides is 1. The van der Waals surface area contributed by atoms with Crippen molar-refractivity contribution in [2.75, 3.05) is 5.32 Å². The van der Waals surface area contributed by atoms with Crippen LogP contribution < -0.4 is 10.6 Å². The zero-order valence-electron chi connectivity index (χ0n) is 18.8. The van der Waals surface area contributed by atoms with Crippen molar-refractivity contribution in [1.29, 1.82) is 0 Å². The molecule has 33 heavy (non-hydrogen) atoms. The van der Waals surface area contributed by atoms with Gasteiger partial charge in [-0.15, -0.1) is 0 Å². The molecule has 0 spiro atoms. The second kappa shape index (κ2) is 12.3. The Hall–Kier alpha value is -3.81. The number of rotatable bonds is 8. The lowest BCUT2D eigenvalue weighted by Crippen LogP contribution is -2.28. The van der Waals surface area contributed by atoms with Gasteiger partial charge in [-0.3, -0.25) is 14.9 Å². The molecule has 0 heterocycles. The second-order valence-electron chi connectivity index (χ2n) is 6.94. The Bertz CT molecular complexity index is 1090. The van der Waals surface area contributed by atoms with E-state index in [1.807, 2.05) is 51.1 Å². The monoisotopic (exact) mass is 455 g/mol. The fourth-order valence-corrected chi connectivity index (χ4v) is 3.17. The number of nitrogens with one attached hydrogen (secondary N) is 2. The van der Waals surface area contributed by atoms with Gasteiger partial charge in [-0.1, -0.05) is 57.2 Å². The third-order valence-electron chi connectivity index (χ3n) is 4.84. The number of benzene rings is 3. The molecule has 1 atom stereocenters. The Kier molecular flexibility index (Phi) is 9.47. The van der Waals surface area contributed by atoms with Gasteiger partial charge >= 0.3 is 0 Å². The van der Waals surface area contributed by atoms with Crippen molar-refractivity contribution < 1.29 is 18.5 Å². The molecule has 0 aliphatic heterocycles. The van der Waals surface area contributed by atoms with Crippen LogP contribution in [0, 0.1) is 21.7 Å². The molecule has 0 aliphatic rings. The predicted octanol–water partition coefficient (Wildman–Crippen LogP) is 6.39. The standard InChI is InChI=1S/C23H21F2N3O3.C2H6/c1-2-20(16-6-4-3-5-7-16)27-23(29)17-9-11-21(22(13-17)28(30)31)26-14-15-8-10-18(24)19(25)12-15;1-2/h3-13,20,26H,2,14H2,1H3,(H,27,29);1-2H3. The van der Waals surface area contributed by atoms with Crippen LogP contribution in [0.1, 0.15) is 54.7 Å². The Morgan fingerprint density at radius 1 is 1.00 bits per heavy atom. The number of nitrogens with zero attached hydrogens (tertiary/aromatic N) is 1. The van der Waals surface area contributed by atoms with Crippen molar-refractivity contribution in [3.8, 4) is 0 Å². The van der Waals surface area contributed by atoms with Gasteiger partial charge in [0.2, 0.25) is 0 Å². The summed E-state index contributed by atoms with van der Waals surface area (Å²) < 4.78 is 26.4. The van der Waals surface area contributed by atoms with Gasteiger partial charge in [0, 0.05) is 18.2 Å². The van der Waals surface area contributed by atoms with Crippen molar-refractivity contribution in [1.82, 2.24) is 5.32 Å². The molecule has 0 radical (unpaired) electrons. The van der Waals surface area contributed by atoms with Crippen molar-refractivity contribution in [2.24, 2.45) is 0 Å². The largest absolute Gasteiger partial charge is 0.375 e. The van der Waals surface area contributed by atoms with Gasteiger partial charge in [0.15, 0.2) is 11.6 Å². The van der Waals surface area contributed by atoms with Crippen LogP contribution in [0.15, 0.2) is 66.7 Å². The Labute approximate surface area is 191 Å². The third kappa shape index (κ3) is 6.83. The molecular formula is C25H27F2N3O3. The summed E-state index contributed by atoms with van der Waals surface area (Å²) in [4.78, 5) is 23.6. The van der Waals surface area contributed by atoms with E-state index in [4.69, 9.17) is 0 Å². The summed E-state index contributed by atoms with van der Waals surface area (Å²) in [6, 6.07) is 16.7. The molecule has 3 aromatic carbocycles. The van der Waals surface area contributed by atoms with Crippen molar-refractivity contribution in [3.63, 3.8) is 0 Å². The van der Waals surface area contributed by atoms with Gasteiger partial charge in [0.1, 0.15) is 5.69 Å². The molecule has 3 rings (SSSR count). The Morgan fingerprint density at radius 2 is 1.70 bits per heavy atom. The smallest absolute Gasteiger partial charge is 0.293 e. The molecule has 0 aliphatic carbocycles. The van der Waals surface area contributed by atoms with Gasteiger partial charge in [-0.05, 0) is 41.8 Å². The van der Waals surface area contributed by atoms with Gasteiger partial charge in [0.05, 0.1) is 11.0 Å². The topological polar surface area (TPSA) is 84.3 Å². The van der Waals surface area contributed by atoms with Crippen molar-refractivity contribution >= 4 is 17.3 Å². The van der Waals surface area contributed by atoms with Crippen LogP contribution in [-0.4, -0.2) is 10.8 Å². The molecule has 0 aromatic heterocycles. The fraction of sp³-hybridized carbons (Fsp3) is 0.240. The minimum absolute atomic E-state index is 0.0511. The number of carbonyl (C=O) groups excluding carboxylic acids is 1. The van der Waals surface area contributed by atoms with Crippen LogP contribution in [-0.2, 0) is 6.54 Å². The van der Waals surface area contributed by atoms with Crippen LogP contribution in [0.2, 0.25) is 0 Å². The number of anilines is 1. The average molecular weight is 456 g/mol. The first-order valence-corrected chi connectivity index (χ1v) is 10.7. The van der Waals surface area contributed by atoms with E-state index < -0.39 is 22.5 Å². The number of carbonyl (C=O) groups is 1. The highest BCUT2D eigenvalue weighted by Crippen LogP contribution is 2.27. The summed E-state index contributed by atoms with van der Waals surface area (Å²) in [6.45, 7) is 5.99. The van der Waals surface area contributed by atoms with Crippen LogP contribution in [0.3, 0.4) is 0 Å². The quantitative estimate of drug-likeness (QED) is 0.304. The molecule has 8 heteroatoms. The number of hydrogen-bond donors (Lipinski definition) is 2. The van der Waals surface area contributed by atoms with Gasteiger partial charge in [0.25, 0.3) is 11.6 Å². The van der Waals surface area contributed by atoms with E-state index >= 15 is 0 Å². The van der Waals surface area contributed by atoms with Crippen molar-refractivity contribution in [3.05, 3.63) is 105 Å². The van der Waals surface area contributed by atoms with Gasteiger partial charge in [-0.2, -0.15) is 0 Å². The molecule has 1 amide bonds. The highest BCUT2D eigenvalue weighted by Gasteiger charge is 2.20. The summed E-state index contributed by atoms with van der Waals surface area (Å²) >= 11 is 0. The summed E-state index contributed by atoms with van der Waals surface area (Å²) in [6.07, 6.45) is 0.658. The average Bonchev–Trinajstić information content (AvgIpc) is 2.84. The van der Waals surface area contributed by atoms with Gasteiger partial charge < -0.3 is 10.6 Å². The molecule has 174 valence electrons. The van der Waals surface area contributed by atoms with Gasteiger partial charge in [-0.25, -0.2) is 8.78 Å². The maximum absolute atomic E-state index is 13.4. The third-order valence-corrected chi connectivity index (χ3v) is 4.84. The minimum atomic E-state index is -0.996. The Balaban J connectivity index is 0.00000187. The molecule has 2 N–H and O–H groups in total. The van der Waals surface area contributed by atoms with Crippen LogP contribution >= 0.6 is 0 Å². The molecule has 0 bridgehead atoms. The number of hydrogen-bond acceptors (Lipinski definition) is 4. The van der Waals surface area contributed by atoms with E-state index in [1.165, 1.54) is 24.3 Å². The molecule has 0 saturated heterocycles. The molecule has 6 nitrogen and oxygen atoms in total. The van der Waals surface area contributed by atoms with Crippen molar-refractivity contribution in [2.45, 2.75) is 39.8 Å². The molecular weight excluding hydrogens is 428 g/mol. The molecule has 0 fully saturated rings. The molecule has 3 aromatic rings. The normalized spacial score (nSPS) is 11.1. The fourth-order valence-electron chi connectivity index (χ4n) is 3.17. The van der Waals surface area contributed by atoms with Crippen LogP contribution in [0.25, 0.3) is 0 Å². The first kappa shape index (κ1) is 25.5. The van der Waals surface area contributed by atoms with Crippen LogP contribution in [0.5, 0.6) is 0 Å². The first-order chi connectivity index (χ1) is 15.9. The maximum Gasteiger partial charge on any atom is 0.293 e. The highest BCUT2D eigenvalue weighted by molar-refractivity contribution is 5.96. The molecule has 1 unspecified atom stereocenters. The summed E-state index contributed by atoms with van der Waals surface area (Å²) in [7, 11) is 0. The van der Waals surface area contributed by atoms with E-state index in [0.29, 0.717) is 12.0 Å². The predicted molar refractivity (Wildman–Crippen MR) is 125 cm³/mol. The maximum atomic E-state index is 13.4. The van der Waals surface area contributed by atoms with E-state index in [-0.39, 0.29) is 29.5 Å². The number of halogens is 2. The van der Waals surface area contributed by atoms with E-state index in [0.717, 1.165) is 17.7 Å². The zero-order chi connectivity index (χ0) is 24.4. The highest BCUT2D eigenvalue weighted by atomic mass is 19.2. The van der Waals surface area contributed by atoms with E-state index in [1.54, 1.807) is 0 Å². The second-order valence-corrected chi connectivity index (χ2v) is 6.94. The number of nitro benzene ring substituents is 1. The summed E-state index contributed by atoms with van der Waals surface area (Å²) in [5.74, 6) is -2.39. The van der Waals surface area contributed by atoms with E-state index in [2.05, 4.69) is 10.6 Å². The first-order valence-electron chi connectivity index (χ1n) is 10.7. The SMILES string of the molecule is CC.CCC(NC(=O)c1ccc(NCc2ccc(F)c(F)c2)c([N+](=O)[O-])c1)c1ccccc1.